The van der Waals surface area contributed by atoms with Crippen molar-refractivity contribution >= 4 is 34.9 Å². The number of aromatic nitrogens is 3. The Bertz CT molecular complexity index is 906. The molecule has 0 radical (unpaired) electrons. The second-order valence-electron chi connectivity index (χ2n) is 6.20. The van der Waals surface area contributed by atoms with E-state index in [0.29, 0.717) is 30.5 Å². The van der Waals surface area contributed by atoms with Crippen LogP contribution in [0.25, 0.3) is 0 Å². The monoisotopic (exact) mass is 419 g/mol. The zero-order valence-corrected chi connectivity index (χ0v) is 17.0. The van der Waals surface area contributed by atoms with E-state index >= 15 is 0 Å². The first-order valence-corrected chi connectivity index (χ1v) is 10.6. The first-order chi connectivity index (χ1) is 13.5. The van der Waals surface area contributed by atoms with E-state index in [0.717, 1.165) is 11.3 Å². The van der Waals surface area contributed by atoms with Gasteiger partial charge in [0.2, 0.25) is 11.8 Å². The van der Waals surface area contributed by atoms with Gasteiger partial charge in [0.25, 0.3) is 0 Å². The van der Waals surface area contributed by atoms with E-state index in [1.807, 2.05) is 27.5 Å². The molecule has 3 heterocycles. The fourth-order valence-corrected chi connectivity index (χ4v) is 4.10. The molecule has 2 N–H and O–H groups in total. The summed E-state index contributed by atoms with van der Waals surface area (Å²) in [5, 5.41) is 13.0. The van der Waals surface area contributed by atoms with Crippen molar-refractivity contribution in [1.82, 2.24) is 19.7 Å². The summed E-state index contributed by atoms with van der Waals surface area (Å²) in [6.45, 7) is 1.00. The molecule has 3 aromatic heterocycles. The number of amides is 2. The third-order valence-corrected chi connectivity index (χ3v) is 5.72. The van der Waals surface area contributed by atoms with Crippen molar-refractivity contribution in [1.29, 1.82) is 0 Å². The minimum absolute atomic E-state index is 0.00225. The van der Waals surface area contributed by atoms with Crippen LogP contribution in [0.15, 0.2) is 44.8 Å². The molecule has 0 aliphatic heterocycles. The minimum atomic E-state index is -0.396. The lowest BCUT2D eigenvalue weighted by Gasteiger charge is -2.16. The zero-order valence-electron chi connectivity index (χ0n) is 15.4. The van der Waals surface area contributed by atoms with Crippen molar-refractivity contribution in [3.05, 3.63) is 52.4 Å². The van der Waals surface area contributed by atoms with Gasteiger partial charge in [-0.1, -0.05) is 11.8 Å². The zero-order chi connectivity index (χ0) is 19.9. The second-order valence-corrected chi connectivity index (χ2v) is 7.92. The molecule has 0 fully saturated rings. The lowest BCUT2D eigenvalue weighted by Crippen LogP contribution is -2.27. The Morgan fingerprint density at radius 1 is 1.36 bits per heavy atom. The topological polar surface area (TPSA) is 107 Å². The van der Waals surface area contributed by atoms with Crippen LogP contribution in [-0.2, 0) is 29.1 Å². The highest BCUT2D eigenvalue weighted by Crippen LogP contribution is 2.20. The number of nitrogens with two attached hydrogens (primary N) is 1. The molecule has 28 heavy (non-hydrogen) atoms. The number of primary amides is 1. The molecular formula is C18H21N5O3S2. The van der Waals surface area contributed by atoms with E-state index < -0.39 is 5.91 Å². The van der Waals surface area contributed by atoms with E-state index in [-0.39, 0.29) is 18.1 Å². The number of carbonyl (C=O) groups is 2. The Morgan fingerprint density at radius 3 is 2.89 bits per heavy atom. The molecular weight excluding hydrogens is 398 g/mol. The Kier molecular flexibility index (Phi) is 6.88. The maximum absolute atomic E-state index is 12.5. The number of rotatable bonds is 10. The summed E-state index contributed by atoms with van der Waals surface area (Å²) in [6.07, 6.45) is 2.16. The lowest BCUT2D eigenvalue weighted by atomic mass is 10.3. The molecule has 3 rings (SSSR count). The number of furan rings is 1. The summed E-state index contributed by atoms with van der Waals surface area (Å²) in [7, 11) is 1.78. The number of thioether (sulfide) groups is 1. The normalized spacial score (nSPS) is 10.9. The quantitative estimate of drug-likeness (QED) is 0.505. The number of nitrogens with zero attached hydrogens (tertiary/aromatic N) is 4. The maximum atomic E-state index is 12.5. The predicted octanol–water partition coefficient (Wildman–Crippen LogP) is 2.15. The van der Waals surface area contributed by atoms with Crippen LogP contribution in [0.4, 0.5) is 0 Å². The van der Waals surface area contributed by atoms with Crippen molar-refractivity contribution in [3.8, 4) is 0 Å². The minimum Gasteiger partial charge on any atom is -0.467 e. The molecule has 2 amide bonds. The van der Waals surface area contributed by atoms with E-state index in [4.69, 9.17) is 10.2 Å². The highest BCUT2D eigenvalue weighted by atomic mass is 32.2. The SMILES string of the molecule is CN(Cc1ccsc1)C(=O)CSc1nnc(CCC(N)=O)n1Cc1ccco1. The van der Waals surface area contributed by atoms with Crippen molar-refractivity contribution < 1.29 is 14.0 Å². The van der Waals surface area contributed by atoms with E-state index in [9.17, 15) is 9.59 Å². The van der Waals surface area contributed by atoms with Crippen molar-refractivity contribution in [2.45, 2.75) is 31.1 Å². The van der Waals surface area contributed by atoms with Gasteiger partial charge in [0.05, 0.1) is 18.6 Å². The molecule has 0 spiro atoms. The van der Waals surface area contributed by atoms with Crippen molar-refractivity contribution in [2.24, 2.45) is 5.73 Å². The summed E-state index contributed by atoms with van der Waals surface area (Å²) in [5.74, 6) is 1.22. The van der Waals surface area contributed by atoms with Gasteiger partial charge in [-0.3, -0.25) is 14.2 Å². The van der Waals surface area contributed by atoms with Crippen LogP contribution in [0.2, 0.25) is 0 Å². The Morgan fingerprint density at radius 2 is 2.21 bits per heavy atom. The van der Waals surface area contributed by atoms with E-state index in [2.05, 4.69) is 10.2 Å². The Labute approximate surface area is 170 Å². The fourth-order valence-electron chi connectivity index (χ4n) is 2.54. The van der Waals surface area contributed by atoms with Crippen LogP contribution in [0, 0.1) is 0 Å². The van der Waals surface area contributed by atoms with Crippen LogP contribution in [0.3, 0.4) is 0 Å². The Balaban J connectivity index is 1.66. The molecule has 0 atom stereocenters. The van der Waals surface area contributed by atoms with E-state index in [1.165, 1.54) is 11.8 Å². The van der Waals surface area contributed by atoms with Crippen LogP contribution >= 0.6 is 23.1 Å². The lowest BCUT2D eigenvalue weighted by molar-refractivity contribution is -0.127. The largest absolute Gasteiger partial charge is 0.467 e. The van der Waals surface area contributed by atoms with Gasteiger partial charge in [-0.25, -0.2) is 0 Å². The van der Waals surface area contributed by atoms with Crippen molar-refractivity contribution in [3.63, 3.8) is 0 Å². The molecule has 148 valence electrons. The summed E-state index contributed by atoms with van der Waals surface area (Å²) < 4.78 is 7.27. The van der Waals surface area contributed by atoms with Crippen LogP contribution in [0.1, 0.15) is 23.6 Å². The number of aryl methyl sites for hydroxylation is 1. The van der Waals surface area contributed by atoms with Gasteiger partial charge in [-0.2, -0.15) is 11.3 Å². The standard InChI is InChI=1S/C18H21N5O3S2/c1-22(9-13-6-8-27-11-13)17(25)12-28-18-21-20-16(5-4-15(19)24)23(18)10-14-3-2-7-26-14/h2-3,6-8,11H,4-5,9-10,12H2,1H3,(H2,19,24). The van der Waals surface area contributed by atoms with Gasteiger partial charge in [-0.05, 0) is 34.5 Å². The first-order valence-electron chi connectivity index (χ1n) is 8.63. The van der Waals surface area contributed by atoms with Gasteiger partial charge in [0.1, 0.15) is 11.6 Å². The highest BCUT2D eigenvalue weighted by molar-refractivity contribution is 7.99. The summed E-state index contributed by atoms with van der Waals surface area (Å²) in [5.41, 5.74) is 6.36. The summed E-state index contributed by atoms with van der Waals surface area (Å²) in [6, 6.07) is 5.66. The van der Waals surface area contributed by atoms with Gasteiger partial charge >= 0.3 is 0 Å². The molecule has 0 saturated heterocycles. The third-order valence-electron chi connectivity index (χ3n) is 4.03. The molecule has 0 aliphatic rings. The van der Waals surface area contributed by atoms with Crippen LogP contribution in [0.5, 0.6) is 0 Å². The summed E-state index contributed by atoms with van der Waals surface area (Å²) >= 11 is 2.93. The molecule has 10 heteroatoms. The second kappa shape index (κ2) is 9.56. The summed E-state index contributed by atoms with van der Waals surface area (Å²) in [4.78, 5) is 25.3. The highest BCUT2D eigenvalue weighted by Gasteiger charge is 2.17. The molecule has 8 nitrogen and oxygen atoms in total. The molecule has 0 saturated carbocycles. The van der Waals surface area contributed by atoms with Gasteiger partial charge in [-0.15, -0.1) is 10.2 Å². The third kappa shape index (κ3) is 5.46. The fraction of sp³-hybridized carbons (Fsp3) is 0.333. The molecule has 0 bridgehead atoms. The number of hydrogen-bond acceptors (Lipinski definition) is 7. The first kappa shape index (κ1) is 20.2. The predicted molar refractivity (Wildman–Crippen MR) is 107 cm³/mol. The van der Waals surface area contributed by atoms with E-state index in [1.54, 1.807) is 35.6 Å². The van der Waals surface area contributed by atoms with Gasteiger partial charge in [0, 0.05) is 26.4 Å². The van der Waals surface area contributed by atoms with Crippen molar-refractivity contribution in [2.75, 3.05) is 12.8 Å². The number of thiophene rings is 1. The molecule has 3 aromatic rings. The van der Waals surface area contributed by atoms with Crippen LogP contribution in [-0.4, -0.2) is 44.3 Å². The molecule has 0 aromatic carbocycles. The molecule has 0 aliphatic carbocycles. The number of carbonyl (C=O) groups excluding carboxylic acids is 2. The van der Waals surface area contributed by atoms with Crippen LogP contribution < -0.4 is 5.73 Å². The van der Waals surface area contributed by atoms with Gasteiger partial charge in [0.15, 0.2) is 5.16 Å². The maximum Gasteiger partial charge on any atom is 0.233 e. The Hall–Kier alpha value is -2.59. The van der Waals surface area contributed by atoms with Gasteiger partial charge < -0.3 is 15.1 Å². The molecule has 0 unspecified atom stereocenters. The number of hydrogen-bond donors (Lipinski definition) is 1. The average molecular weight is 420 g/mol. The smallest absolute Gasteiger partial charge is 0.233 e. The average Bonchev–Trinajstić information content (AvgIpc) is 3.41.